The average Bonchev–Trinajstić information content (AvgIpc) is 3.00. The van der Waals surface area contributed by atoms with Crippen LogP contribution in [-0.4, -0.2) is 18.0 Å². The number of nitrogens with zero attached hydrogens (tertiary/aromatic N) is 1. The number of fused-ring (bicyclic) bond motifs is 2. The van der Waals surface area contributed by atoms with Gasteiger partial charge in [0.1, 0.15) is 11.0 Å². The standard InChI is InChI=1S/C20H22N2O/c1-19(2)20(12-13-21-19)16-10-6-7-11-17(16)22(18(20)23)14-15-8-4-3-5-9-15/h3-11,21H,12-14H2,1-2H3/p+1/t20-/m0/s1. The molecule has 2 aromatic carbocycles. The number of nitrogens with two attached hydrogens (primary N) is 1. The van der Waals surface area contributed by atoms with Crippen molar-refractivity contribution in [1.29, 1.82) is 0 Å². The monoisotopic (exact) mass is 307 g/mol. The molecule has 2 N–H and O–H groups in total. The molecule has 1 atom stereocenters. The van der Waals surface area contributed by atoms with Crippen LogP contribution < -0.4 is 10.2 Å². The van der Waals surface area contributed by atoms with Crippen LogP contribution in [0.25, 0.3) is 0 Å². The molecule has 23 heavy (non-hydrogen) atoms. The van der Waals surface area contributed by atoms with Gasteiger partial charge in [0.25, 0.3) is 0 Å². The van der Waals surface area contributed by atoms with Crippen molar-refractivity contribution in [2.75, 3.05) is 11.4 Å². The molecule has 0 aromatic heterocycles. The molecule has 3 heteroatoms. The molecule has 2 heterocycles. The topological polar surface area (TPSA) is 36.9 Å². The van der Waals surface area contributed by atoms with E-state index in [1.807, 2.05) is 29.2 Å². The van der Waals surface area contributed by atoms with Crippen LogP contribution in [0.4, 0.5) is 5.69 Å². The van der Waals surface area contributed by atoms with E-state index in [-0.39, 0.29) is 11.4 Å². The van der Waals surface area contributed by atoms with E-state index in [1.165, 1.54) is 11.1 Å². The lowest BCUT2D eigenvalue weighted by atomic mass is 9.68. The van der Waals surface area contributed by atoms with Crippen LogP contribution in [0.2, 0.25) is 0 Å². The Hall–Kier alpha value is -2.13. The van der Waals surface area contributed by atoms with Crippen molar-refractivity contribution in [1.82, 2.24) is 0 Å². The number of benzene rings is 2. The van der Waals surface area contributed by atoms with E-state index in [4.69, 9.17) is 0 Å². The van der Waals surface area contributed by atoms with Crippen LogP contribution in [0.1, 0.15) is 31.4 Å². The molecule has 0 aliphatic carbocycles. The summed E-state index contributed by atoms with van der Waals surface area (Å²) in [5, 5.41) is 2.33. The van der Waals surface area contributed by atoms with Crippen molar-refractivity contribution in [3.63, 3.8) is 0 Å². The second kappa shape index (κ2) is 4.93. The zero-order valence-electron chi connectivity index (χ0n) is 13.8. The van der Waals surface area contributed by atoms with Gasteiger partial charge in [-0.05, 0) is 31.0 Å². The van der Waals surface area contributed by atoms with Crippen LogP contribution in [-0.2, 0) is 16.8 Å². The highest BCUT2D eigenvalue weighted by molar-refractivity contribution is 6.09. The van der Waals surface area contributed by atoms with E-state index >= 15 is 0 Å². The fraction of sp³-hybridized carbons (Fsp3) is 0.350. The molecule has 2 aliphatic heterocycles. The summed E-state index contributed by atoms with van der Waals surface area (Å²) in [6, 6.07) is 18.6. The molecule has 2 aliphatic rings. The lowest BCUT2D eigenvalue weighted by Gasteiger charge is -2.33. The third kappa shape index (κ3) is 1.89. The molecule has 1 saturated heterocycles. The first-order chi connectivity index (χ1) is 11.1. The summed E-state index contributed by atoms with van der Waals surface area (Å²) in [6.45, 7) is 6.07. The van der Waals surface area contributed by atoms with Crippen LogP contribution in [0.3, 0.4) is 0 Å². The fourth-order valence-electron chi connectivity index (χ4n) is 4.46. The quantitative estimate of drug-likeness (QED) is 0.907. The van der Waals surface area contributed by atoms with E-state index in [0.29, 0.717) is 6.54 Å². The zero-order valence-corrected chi connectivity index (χ0v) is 13.8. The molecule has 0 saturated carbocycles. The van der Waals surface area contributed by atoms with Gasteiger partial charge in [0, 0.05) is 12.1 Å². The molecular formula is C20H23N2O+. The van der Waals surface area contributed by atoms with E-state index in [9.17, 15) is 4.79 Å². The molecule has 3 nitrogen and oxygen atoms in total. The van der Waals surface area contributed by atoms with Gasteiger partial charge in [0.05, 0.1) is 13.1 Å². The first-order valence-corrected chi connectivity index (χ1v) is 8.36. The lowest BCUT2D eigenvalue weighted by molar-refractivity contribution is -0.704. The highest BCUT2D eigenvalue weighted by Gasteiger charge is 2.64. The summed E-state index contributed by atoms with van der Waals surface area (Å²) >= 11 is 0. The summed E-state index contributed by atoms with van der Waals surface area (Å²) in [4.78, 5) is 15.5. The Morgan fingerprint density at radius 1 is 1.04 bits per heavy atom. The third-order valence-corrected chi connectivity index (χ3v) is 5.72. The molecule has 2 aromatic rings. The molecule has 4 rings (SSSR count). The minimum Gasteiger partial charge on any atom is -0.341 e. The minimum absolute atomic E-state index is 0.106. The van der Waals surface area contributed by atoms with Crippen LogP contribution in [0.5, 0.6) is 0 Å². The predicted octanol–water partition coefficient (Wildman–Crippen LogP) is 2.22. The highest BCUT2D eigenvalue weighted by Crippen LogP contribution is 2.50. The molecule has 0 unspecified atom stereocenters. The number of para-hydroxylation sites is 1. The zero-order chi connectivity index (χ0) is 16.1. The Morgan fingerprint density at radius 3 is 2.43 bits per heavy atom. The summed E-state index contributed by atoms with van der Waals surface area (Å²) in [5.74, 6) is 0.265. The Balaban J connectivity index is 1.83. The molecule has 1 spiro atoms. The van der Waals surface area contributed by atoms with Gasteiger partial charge in [-0.15, -0.1) is 0 Å². The average molecular weight is 307 g/mol. The summed E-state index contributed by atoms with van der Waals surface area (Å²) in [7, 11) is 0. The summed E-state index contributed by atoms with van der Waals surface area (Å²) in [5.41, 5.74) is 2.97. The smallest absolute Gasteiger partial charge is 0.244 e. The number of rotatable bonds is 2. The summed E-state index contributed by atoms with van der Waals surface area (Å²) in [6.07, 6.45) is 0.918. The molecule has 118 valence electrons. The van der Waals surface area contributed by atoms with E-state index in [2.05, 4.69) is 49.5 Å². The van der Waals surface area contributed by atoms with Crippen molar-refractivity contribution < 1.29 is 10.1 Å². The number of amides is 1. The van der Waals surface area contributed by atoms with Crippen molar-refractivity contribution in [2.24, 2.45) is 0 Å². The third-order valence-electron chi connectivity index (χ3n) is 5.72. The van der Waals surface area contributed by atoms with Gasteiger partial charge < -0.3 is 10.2 Å². The normalized spacial score (nSPS) is 25.1. The van der Waals surface area contributed by atoms with Gasteiger partial charge in [-0.1, -0.05) is 48.5 Å². The van der Waals surface area contributed by atoms with E-state index < -0.39 is 5.41 Å². The van der Waals surface area contributed by atoms with E-state index in [0.717, 1.165) is 18.7 Å². The maximum absolute atomic E-state index is 13.5. The Bertz CT molecular complexity index is 753. The molecule has 1 fully saturated rings. The SMILES string of the molecule is CC1(C)[NH2+]CC[C@]12C(=O)N(Cc1ccccc1)c1ccccc12. The van der Waals surface area contributed by atoms with Crippen LogP contribution in [0, 0.1) is 0 Å². The maximum Gasteiger partial charge on any atom is 0.244 e. The van der Waals surface area contributed by atoms with Crippen molar-refractivity contribution >= 4 is 11.6 Å². The Kier molecular flexibility index (Phi) is 3.10. The Labute approximate surface area is 137 Å². The van der Waals surface area contributed by atoms with Gasteiger partial charge >= 0.3 is 0 Å². The maximum atomic E-state index is 13.5. The van der Waals surface area contributed by atoms with E-state index in [1.54, 1.807) is 0 Å². The highest BCUT2D eigenvalue weighted by atomic mass is 16.2. The van der Waals surface area contributed by atoms with Gasteiger partial charge in [0.2, 0.25) is 5.91 Å². The van der Waals surface area contributed by atoms with Crippen molar-refractivity contribution in [3.8, 4) is 0 Å². The number of quaternary nitrogens is 1. The minimum atomic E-state index is -0.391. The molecule has 0 bridgehead atoms. The number of hydrogen-bond acceptors (Lipinski definition) is 1. The van der Waals surface area contributed by atoms with Crippen LogP contribution >= 0.6 is 0 Å². The molecule has 1 amide bonds. The first kappa shape index (κ1) is 14.5. The van der Waals surface area contributed by atoms with Gasteiger partial charge in [-0.2, -0.15) is 0 Å². The number of carbonyl (C=O) groups is 1. The fourth-order valence-corrected chi connectivity index (χ4v) is 4.46. The number of anilines is 1. The van der Waals surface area contributed by atoms with Gasteiger partial charge in [0.15, 0.2) is 0 Å². The molecular weight excluding hydrogens is 284 g/mol. The predicted molar refractivity (Wildman–Crippen MR) is 91.2 cm³/mol. The van der Waals surface area contributed by atoms with Crippen LogP contribution in [0.15, 0.2) is 54.6 Å². The van der Waals surface area contributed by atoms with Crippen molar-refractivity contribution in [2.45, 2.75) is 37.8 Å². The lowest BCUT2D eigenvalue weighted by Crippen LogP contribution is -2.94. The second-order valence-electron chi connectivity index (χ2n) is 7.26. The second-order valence-corrected chi connectivity index (χ2v) is 7.26. The molecule has 0 radical (unpaired) electrons. The summed E-state index contributed by atoms with van der Waals surface area (Å²) < 4.78 is 0. The largest absolute Gasteiger partial charge is 0.341 e. The van der Waals surface area contributed by atoms with Gasteiger partial charge in [-0.3, -0.25) is 4.79 Å². The number of hydrogen-bond donors (Lipinski definition) is 1. The van der Waals surface area contributed by atoms with Crippen molar-refractivity contribution in [3.05, 3.63) is 65.7 Å². The van der Waals surface area contributed by atoms with Gasteiger partial charge in [-0.25, -0.2) is 0 Å². The number of carbonyl (C=O) groups excluding carboxylic acids is 1. The Morgan fingerprint density at radius 2 is 1.74 bits per heavy atom. The first-order valence-electron chi connectivity index (χ1n) is 8.36.